The van der Waals surface area contributed by atoms with Gasteiger partial charge in [0.25, 0.3) is 0 Å². The Morgan fingerprint density at radius 3 is 2.73 bits per heavy atom. The van der Waals surface area contributed by atoms with Gasteiger partial charge in [0, 0.05) is 0 Å². The number of fused-ring (bicyclic) bond motifs is 1. The van der Waals surface area contributed by atoms with Crippen LogP contribution in [-0.2, 0) is 16.0 Å². The van der Waals surface area contributed by atoms with Crippen LogP contribution in [0.5, 0.6) is 0 Å². The Hall–Kier alpha value is -2.04. The van der Waals surface area contributed by atoms with Crippen LogP contribution >= 0.6 is 0 Å². The second-order valence-corrected chi connectivity index (χ2v) is 6.57. The normalized spacial score (nSPS) is 17.3. The van der Waals surface area contributed by atoms with Crippen LogP contribution in [-0.4, -0.2) is 24.1 Å². The van der Waals surface area contributed by atoms with Gasteiger partial charge in [-0.15, -0.1) is 0 Å². The molecule has 0 saturated carbocycles. The van der Waals surface area contributed by atoms with Crippen molar-refractivity contribution in [2.24, 2.45) is 0 Å². The van der Waals surface area contributed by atoms with Crippen LogP contribution in [0.15, 0.2) is 24.3 Å². The van der Waals surface area contributed by atoms with E-state index in [1.165, 1.54) is 11.1 Å². The molecule has 2 amide bonds. The van der Waals surface area contributed by atoms with E-state index in [0.717, 1.165) is 19.3 Å². The second kappa shape index (κ2) is 6.81. The van der Waals surface area contributed by atoms with Crippen LogP contribution in [0.4, 0.5) is 4.79 Å². The summed E-state index contributed by atoms with van der Waals surface area (Å²) >= 11 is 0. The lowest BCUT2D eigenvalue weighted by Crippen LogP contribution is -2.41. The van der Waals surface area contributed by atoms with Crippen molar-refractivity contribution in [1.29, 1.82) is 0 Å². The molecule has 1 atom stereocenters. The van der Waals surface area contributed by atoms with Gasteiger partial charge in [-0.05, 0) is 51.2 Å². The van der Waals surface area contributed by atoms with Crippen LogP contribution < -0.4 is 10.6 Å². The molecule has 0 aromatic heterocycles. The molecule has 5 heteroatoms. The molecule has 0 aliphatic heterocycles. The zero-order valence-electron chi connectivity index (χ0n) is 13.4. The van der Waals surface area contributed by atoms with E-state index in [4.69, 9.17) is 4.74 Å². The first-order chi connectivity index (χ1) is 10.3. The predicted molar refractivity (Wildman–Crippen MR) is 84.5 cm³/mol. The topological polar surface area (TPSA) is 67.4 Å². The molecule has 0 spiro atoms. The van der Waals surface area contributed by atoms with Crippen LogP contribution in [0.2, 0.25) is 0 Å². The van der Waals surface area contributed by atoms with Gasteiger partial charge in [-0.2, -0.15) is 0 Å². The molecule has 22 heavy (non-hydrogen) atoms. The minimum absolute atomic E-state index is 0.0258. The molecule has 0 fully saturated rings. The van der Waals surface area contributed by atoms with Crippen LogP contribution in [0.25, 0.3) is 0 Å². The number of hydrogen-bond donors (Lipinski definition) is 2. The van der Waals surface area contributed by atoms with Crippen molar-refractivity contribution in [2.45, 2.75) is 51.7 Å². The summed E-state index contributed by atoms with van der Waals surface area (Å²) < 4.78 is 5.10. The Morgan fingerprint density at radius 1 is 1.27 bits per heavy atom. The third kappa shape index (κ3) is 4.76. The average molecular weight is 304 g/mol. The fourth-order valence-corrected chi connectivity index (χ4v) is 2.62. The molecule has 2 rings (SSSR count). The summed E-state index contributed by atoms with van der Waals surface area (Å²) in [4.78, 5) is 23.6. The molecule has 0 saturated heterocycles. The molecule has 0 heterocycles. The maximum Gasteiger partial charge on any atom is 0.408 e. The van der Waals surface area contributed by atoms with Crippen molar-refractivity contribution in [3.05, 3.63) is 35.4 Å². The van der Waals surface area contributed by atoms with E-state index in [9.17, 15) is 9.59 Å². The first-order valence-electron chi connectivity index (χ1n) is 7.69. The van der Waals surface area contributed by atoms with Crippen LogP contribution in [0.3, 0.4) is 0 Å². The Morgan fingerprint density at radius 2 is 2.00 bits per heavy atom. The van der Waals surface area contributed by atoms with E-state index in [-0.39, 0.29) is 18.5 Å². The minimum Gasteiger partial charge on any atom is -0.444 e. The summed E-state index contributed by atoms with van der Waals surface area (Å²) in [7, 11) is 0. The van der Waals surface area contributed by atoms with E-state index >= 15 is 0 Å². The van der Waals surface area contributed by atoms with Crippen molar-refractivity contribution >= 4 is 12.0 Å². The van der Waals surface area contributed by atoms with Gasteiger partial charge in [0.2, 0.25) is 5.91 Å². The molecule has 1 aromatic carbocycles. The number of ether oxygens (including phenoxy) is 1. The lowest BCUT2D eigenvalue weighted by molar-refractivity contribution is -0.121. The monoisotopic (exact) mass is 304 g/mol. The highest BCUT2D eigenvalue weighted by Gasteiger charge is 2.22. The maximum absolute atomic E-state index is 12.0. The molecule has 1 aliphatic rings. The lowest BCUT2D eigenvalue weighted by Gasteiger charge is -2.26. The van der Waals surface area contributed by atoms with Crippen LogP contribution in [0, 0.1) is 0 Å². The number of benzene rings is 1. The number of carbonyl (C=O) groups excluding carboxylic acids is 2. The van der Waals surface area contributed by atoms with Crippen molar-refractivity contribution in [1.82, 2.24) is 10.6 Å². The first kappa shape index (κ1) is 16.3. The smallest absolute Gasteiger partial charge is 0.408 e. The first-order valence-corrected chi connectivity index (χ1v) is 7.69. The summed E-state index contributed by atoms with van der Waals surface area (Å²) in [6, 6.07) is 8.20. The van der Waals surface area contributed by atoms with Gasteiger partial charge in [0.05, 0.1) is 6.04 Å². The van der Waals surface area contributed by atoms with Gasteiger partial charge in [-0.3, -0.25) is 4.79 Å². The van der Waals surface area contributed by atoms with Gasteiger partial charge < -0.3 is 15.4 Å². The highest BCUT2D eigenvalue weighted by molar-refractivity contribution is 5.82. The average Bonchev–Trinajstić information content (AvgIpc) is 2.44. The molecule has 5 nitrogen and oxygen atoms in total. The largest absolute Gasteiger partial charge is 0.444 e. The van der Waals surface area contributed by atoms with Gasteiger partial charge in [-0.25, -0.2) is 4.79 Å². The zero-order valence-corrected chi connectivity index (χ0v) is 13.4. The summed E-state index contributed by atoms with van der Waals surface area (Å²) in [6.07, 6.45) is 2.46. The SMILES string of the molecule is CC(C)(C)OC(=O)NCC(=O)NC1CCCc2ccccc21. The summed E-state index contributed by atoms with van der Waals surface area (Å²) in [5.41, 5.74) is 1.90. The molecule has 1 aliphatic carbocycles. The molecule has 120 valence electrons. The lowest BCUT2D eigenvalue weighted by atomic mass is 9.88. The van der Waals surface area contributed by atoms with E-state index in [0.29, 0.717) is 0 Å². The number of carbonyl (C=O) groups is 2. The zero-order chi connectivity index (χ0) is 16.2. The summed E-state index contributed by atoms with van der Waals surface area (Å²) in [5, 5.41) is 5.46. The van der Waals surface area contributed by atoms with Gasteiger partial charge >= 0.3 is 6.09 Å². The Labute approximate surface area is 131 Å². The standard InChI is InChI=1S/C17H24N2O3/c1-17(2,3)22-16(21)18-11-15(20)19-14-10-6-8-12-7-4-5-9-13(12)14/h4-5,7,9,14H,6,8,10-11H2,1-3H3,(H,18,21)(H,19,20). The van der Waals surface area contributed by atoms with Crippen molar-refractivity contribution < 1.29 is 14.3 Å². The minimum atomic E-state index is -0.577. The van der Waals surface area contributed by atoms with Crippen molar-refractivity contribution in [2.75, 3.05) is 6.54 Å². The summed E-state index contributed by atoms with van der Waals surface area (Å²) in [6.45, 7) is 5.27. The number of hydrogen-bond acceptors (Lipinski definition) is 3. The van der Waals surface area contributed by atoms with Crippen LogP contribution in [0.1, 0.15) is 50.8 Å². The Kier molecular flexibility index (Phi) is 5.06. The van der Waals surface area contributed by atoms with Gasteiger partial charge in [0.15, 0.2) is 0 Å². The van der Waals surface area contributed by atoms with Crippen molar-refractivity contribution in [3.63, 3.8) is 0 Å². The fourth-order valence-electron chi connectivity index (χ4n) is 2.62. The molecule has 1 unspecified atom stereocenters. The number of alkyl carbamates (subject to hydrolysis) is 1. The van der Waals surface area contributed by atoms with E-state index in [1.54, 1.807) is 20.8 Å². The summed E-state index contributed by atoms with van der Waals surface area (Å²) in [5.74, 6) is -0.201. The van der Waals surface area contributed by atoms with Crippen molar-refractivity contribution in [3.8, 4) is 0 Å². The van der Waals surface area contributed by atoms with Gasteiger partial charge in [-0.1, -0.05) is 24.3 Å². The molecule has 2 N–H and O–H groups in total. The highest BCUT2D eigenvalue weighted by Crippen LogP contribution is 2.29. The predicted octanol–water partition coefficient (Wildman–Crippen LogP) is 2.70. The third-order valence-electron chi connectivity index (χ3n) is 3.50. The Balaban J connectivity index is 1.85. The number of nitrogens with one attached hydrogen (secondary N) is 2. The quantitative estimate of drug-likeness (QED) is 0.902. The van der Waals surface area contributed by atoms with E-state index in [1.807, 2.05) is 12.1 Å². The maximum atomic E-state index is 12.0. The Bertz CT molecular complexity index is 549. The van der Waals surface area contributed by atoms with E-state index in [2.05, 4.69) is 22.8 Å². The molecular formula is C17H24N2O3. The van der Waals surface area contributed by atoms with Gasteiger partial charge in [0.1, 0.15) is 12.1 Å². The third-order valence-corrected chi connectivity index (χ3v) is 3.50. The number of rotatable bonds is 3. The van der Waals surface area contributed by atoms with E-state index < -0.39 is 11.7 Å². The number of amides is 2. The number of aryl methyl sites for hydroxylation is 1. The highest BCUT2D eigenvalue weighted by atomic mass is 16.6. The molecule has 1 aromatic rings. The molecule has 0 radical (unpaired) electrons. The molecule has 0 bridgehead atoms. The second-order valence-electron chi connectivity index (χ2n) is 6.57. The fraction of sp³-hybridized carbons (Fsp3) is 0.529. The molecular weight excluding hydrogens is 280 g/mol.